The SMILES string of the molecule is NC(=O)COCCCl. The molecule has 0 spiro atoms. The zero-order valence-corrected chi connectivity index (χ0v) is 5.15. The highest BCUT2D eigenvalue weighted by Crippen LogP contribution is 1.76. The van der Waals surface area contributed by atoms with E-state index in [1.54, 1.807) is 0 Å². The van der Waals surface area contributed by atoms with Crippen LogP contribution in [0.4, 0.5) is 0 Å². The third-order valence-electron chi connectivity index (χ3n) is 0.466. The van der Waals surface area contributed by atoms with Crippen LogP contribution in [0.3, 0.4) is 0 Å². The second-order valence-electron chi connectivity index (χ2n) is 1.21. The number of hydrogen-bond donors (Lipinski definition) is 1. The Morgan fingerprint density at radius 3 is 2.75 bits per heavy atom. The number of alkyl halides is 1. The summed E-state index contributed by atoms with van der Waals surface area (Å²) in [6, 6.07) is 0. The lowest BCUT2D eigenvalue weighted by Crippen LogP contribution is -2.18. The Labute approximate surface area is 52.8 Å². The van der Waals surface area contributed by atoms with Crippen molar-refractivity contribution in [3.05, 3.63) is 0 Å². The van der Waals surface area contributed by atoms with Crippen molar-refractivity contribution >= 4 is 17.5 Å². The maximum atomic E-state index is 9.93. The molecule has 0 heterocycles. The van der Waals surface area contributed by atoms with Crippen molar-refractivity contribution in [1.82, 2.24) is 0 Å². The maximum absolute atomic E-state index is 9.93. The van der Waals surface area contributed by atoms with Gasteiger partial charge in [-0.05, 0) is 0 Å². The Morgan fingerprint density at radius 2 is 2.38 bits per heavy atom. The Morgan fingerprint density at radius 1 is 1.75 bits per heavy atom. The van der Waals surface area contributed by atoms with Crippen molar-refractivity contribution in [3.8, 4) is 0 Å². The van der Waals surface area contributed by atoms with Gasteiger partial charge in [-0.1, -0.05) is 0 Å². The molecule has 0 aliphatic heterocycles. The average molecular weight is 138 g/mol. The van der Waals surface area contributed by atoms with E-state index in [-0.39, 0.29) is 6.61 Å². The smallest absolute Gasteiger partial charge is 0.243 e. The van der Waals surface area contributed by atoms with Gasteiger partial charge in [0.25, 0.3) is 0 Å². The summed E-state index contributed by atoms with van der Waals surface area (Å²) in [7, 11) is 0. The predicted molar refractivity (Wildman–Crippen MR) is 30.7 cm³/mol. The van der Waals surface area contributed by atoms with Crippen LogP contribution >= 0.6 is 11.6 Å². The molecule has 0 aliphatic carbocycles. The van der Waals surface area contributed by atoms with Gasteiger partial charge in [0.2, 0.25) is 5.91 Å². The molecule has 0 aromatic carbocycles. The van der Waals surface area contributed by atoms with E-state index >= 15 is 0 Å². The van der Waals surface area contributed by atoms with E-state index in [2.05, 4.69) is 4.74 Å². The molecule has 0 radical (unpaired) electrons. The van der Waals surface area contributed by atoms with Gasteiger partial charge in [-0.2, -0.15) is 0 Å². The van der Waals surface area contributed by atoms with E-state index in [4.69, 9.17) is 17.3 Å². The van der Waals surface area contributed by atoms with Crippen molar-refractivity contribution in [2.75, 3.05) is 19.1 Å². The molecule has 1 amide bonds. The molecule has 0 bridgehead atoms. The summed E-state index contributed by atoms with van der Waals surface area (Å²) in [6.45, 7) is 0.344. The Bertz CT molecular complexity index is 76.4. The molecule has 3 nitrogen and oxygen atoms in total. The second-order valence-corrected chi connectivity index (χ2v) is 1.59. The number of amides is 1. The minimum atomic E-state index is -0.463. The van der Waals surface area contributed by atoms with E-state index in [0.29, 0.717) is 12.5 Å². The molecule has 0 aliphatic rings. The van der Waals surface area contributed by atoms with Crippen molar-refractivity contribution in [1.29, 1.82) is 0 Å². The molecule has 48 valence electrons. The lowest BCUT2D eigenvalue weighted by molar-refractivity contribution is -0.122. The molecule has 0 aromatic heterocycles. The molecule has 0 rings (SSSR count). The molecule has 0 saturated carbocycles. The predicted octanol–water partition coefficient (Wildman–Crippen LogP) is -0.273. The summed E-state index contributed by atoms with van der Waals surface area (Å²) in [5.74, 6) is -0.0667. The first kappa shape index (κ1) is 7.72. The van der Waals surface area contributed by atoms with Gasteiger partial charge in [-0.15, -0.1) is 11.6 Å². The first-order valence-electron chi connectivity index (χ1n) is 2.19. The molecule has 4 heteroatoms. The topological polar surface area (TPSA) is 52.3 Å². The monoisotopic (exact) mass is 137 g/mol. The molecule has 8 heavy (non-hydrogen) atoms. The van der Waals surface area contributed by atoms with Crippen LogP contribution in [0.15, 0.2) is 0 Å². The summed E-state index contributed by atoms with van der Waals surface area (Å²) in [5, 5.41) is 0. The van der Waals surface area contributed by atoms with Crippen molar-refractivity contribution < 1.29 is 9.53 Å². The largest absolute Gasteiger partial charge is 0.370 e. The first-order valence-corrected chi connectivity index (χ1v) is 2.73. The fraction of sp³-hybridized carbons (Fsp3) is 0.750. The number of nitrogens with two attached hydrogens (primary N) is 1. The second kappa shape index (κ2) is 4.87. The fourth-order valence-electron chi connectivity index (χ4n) is 0.227. The number of carbonyl (C=O) groups is 1. The van der Waals surface area contributed by atoms with Crippen molar-refractivity contribution in [3.63, 3.8) is 0 Å². The molecule has 0 saturated heterocycles. The standard InChI is InChI=1S/C4H8ClNO2/c5-1-2-8-3-4(6)7/h1-3H2,(H2,6,7). The fourth-order valence-corrected chi connectivity index (χ4v) is 0.336. The van der Waals surface area contributed by atoms with Crippen LogP contribution in [-0.4, -0.2) is 25.0 Å². The zero-order chi connectivity index (χ0) is 6.41. The van der Waals surface area contributed by atoms with Crippen LogP contribution in [-0.2, 0) is 9.53 Å². The summed E-state index contributed by atoms with van der Waals surface area (Å²) >= 11 is 5.21. The van der Waals surface area contributed by atoms with Crippen LogP contribution in [0.5, 0.6) is 0 Å². The molecule has 0 aromatic rings. The Balaban J connectivity index is 2.82. The van der Waals surface area contributed by atoms with Gasteiger partial charge in [-0.3, -0.25) is 4.79 Å². The highest BCUT2D eigenvalue weighted by Gasteiger charge is 1.90. The average Bonchev–Trinajstić information content (AvgIpc) is 1.66. The summed E-state index contributed by atoms with van der Waals surface area (Å²) < 4.78 is 4.64. The molecule has 0 fully saturated rings. The number of carbonyl (C=O) groups excluding carboxylic acids is 1. The van der Waals surface area contributed by atoms with Gasteiger partial charge in [-0.25, -0.2) is 0 Å². The van der Waals surface area contributed by atoms with Crippen LogP contribution in [0.1, 0.15) is 0 Å². The Hall–Kier alpha value is -0.280. The maximum Gasteiger partial charge on any atom is 0.243 e. The van der Waals surface area contributed by atoms with E-state index in [1.807, 2.05) is 0 Å². The molecular formula is C4H8ClNO2. The van der Waals surface area contributed by atoms with Gasteiger partial charge in [0, 0.05) is 5.88 Å². The molecule has 0 atom stereocenters. The van der Waals surface area contributed by atoms with Crippen LogP contribution in [0.2, 0.25) is 0 Å². The van der Waals surface area contributed by atoms with Crippen molar-refractivity contribution in [2.45, 2.75) is 0 Å². The highest BCUT2D eigenvalue weighted by atomic mass is 35.5. The molecular weight excluding hydrogens is 130 g/mol. The minimum Gasteiger partial charge on any atom is -0.370 e. The summed E-state index contributed by atoms with van der Waals surface area (Å²) in [6.07, 6.45) is 0. The van der Waals surface area contributed by atoms with Crippen LogP contribution in [0, 0.1) is 0 Å². The molecule has 0 unspecified atom stereocenters. The van der Waals surface area contributed by atoms with E-state index in [9.17, 15) is 4.79 Å². The molecule has 2 N–H and O–H groups in total. The van der Waals surface area contributed by atoms with Crippen LogP contribution in [0.25, 0.3) is 0 Å². The minimum absolute atomic E-state index is 0.0350. The van der Waals surface area contributed by atoms with E-state index in [0.717, 1.165) is 0 Å². The Kier molecular flexibility index (Phi) is 4.70. The number of rotatable bonds is 4. The van der Waals surface area contributed by atoms with E-state index < -0.39 is 5.91 Å². The lowest BCUT2D eigenvalue weighted by Gasteiger charge is -1.94. The number of hydrogen-bond acceptors (Lipinski definition) is 2. The third kappa shape index (κ3) is 5.72. The number of primary amides is 1. The van der Waals surface area contributed by atoms with Crippen LogP contribution < -0.4 is 5.73 Å². The lowest BCUT2D eigenvalue weighted by atomic mass is 10.7. The van der Waals surface area contributed by atoms with Gasteiger partial charge >= 0.3 is 0 Å². The highest BCUT2D eigenvalue weighted by molar-refractivity contribution is 6.17. The quantitative estimate of drug-likeness (QED) is 0.428. The van der Waals surface area contributed by atoms with Gasteiger partial charge in [0.15, 0.2) is 0 Å². The zero-order valence-electron chi connectivity index (χ0n) is 4.39. The normalized spacial score (nSPS) is 9.12. The third-order valence-corrected chi connectivity index (χ3v) is 0.620. The van der Waals surface area contributed by atoms with Gasteiger partial charge in [0.05, 0.1) is 6.61 Å². The summed E-state index contributed by atoms with van der Waals surface area (Å²) in [4.78, 5) is 9.93. The number of halogens is 1. The van der Waals surface area contributed by atoms with Gasteiger partial charge < -0.3 is 10.5 Å². The number of ether oxygens (including phenoxy) is 1. The van der Waals surface area contributed by atoms with Crippen molar-refractivity contribution in [2.24, 2.45) is 5.73 Å². The first-order chi connectivity index (χ1) is 3.77. The van der Waals surface area contributed by atoms with E-state index in [1.165, 1.54) is 0 Å². The van der Waals surface area contributed by atoms with Gasteiger partial charge in [0.1, 0.15) is 6.61 Å². The summed E-state index contributed by atoms with van der Waals surface area (Å²) in [5.41, 5.74) is 4.73.